The number of amides is 3. The van der Waals surface area contributed by atoms with Crippen LogP contribution in [0.3, 0.4) is 0 Å². The van der Waals surface area contributed by atoms with Gasteiger partial charge in [0.2, 0.25) is 5.91 Å². The molecule has 128 valence electrons. The monoisotopic (exact) mass is 339 g/mol. The van der Waals surface area contributed by atoms with Gasteiger partial charge in [0.1, 0.15) is 5.75 Å². The number of rotatable bonds is 3. The van der Waals surface area contributed by atoms with Crippen LogP contribution in [0.15, 0.2) is 42.5 Å². The van der Waals surface area contributed by atoms with Gasteiger partial charge in [0, 0.05) is 11.3 Å². The van der Waals surface area contributed by atoms with Gasteiger partial charge < -0.3 is 21.1 Å². The Hall–Kier alpha value is -3.35. The molecule has 1 aliphatic heterocycles. The summed E-state index contributed by atoms with van der Waals surface area (Å²) < 4.78 is 5.68. The van der Waals surface area contributed by atoms with Gasteiger partial charge in [0.05, 0.1) is 5.69 Å². The molecule has 0 aliphatic carbocycles. The van der Waals surface area contributed by atoms with E-state index in [-0.39, 0.29) is 5.56 Å². The van der Waals surface area contributed by atoms with Crippen molar-refractivity contribution in [3.8, 4) is 5.75 Å². The van der Waals surface area contributed by atoms with Crippen LogP contribution in [0.2, 0.25) is 0 Å². The van der Waals surface area contributed by atoms with Gasteiger partial charge in [0.25, 0.3) is 17.4 Å². The van der Waals surface area contributed by atoms with Gasteiger partial charge in [-0.15, -0.1) is 0 Å². The number of hydrogen-bond acceptors (Lipinski definition) is 4. The van der Waals surface area contributed by atoms with Crippen LogP contribution in [0.25, 0.3) is 0 Å². The highest BCUT2D eigenvalue weighted by molar-refractivity contribution is 6.19. The number of primary amides is 1. The Kier molecular flexibility index (Phi) is 3.92. The maximum atomic E-state index is 12.6. The molecule has 0 aromatic heterocycles. The maximum absolute atomic E-state index is 12.6. The molecule has 0 unspecified atom stereocenters. The molecule has 1 atom stereocenters. The summed E-state index contributed by atoms with van der Waals surface area (Å²) in [7, 11) is 0. The molecule has 3 rings (SSSR count). The minimum atomic E-state index is -1.75. The molecule has 2 aromatic carbocycles. The van der Waals surface area contributed by atoms with E-state index in [1.807, 2.05) is 13.0 Å². The molecule has 0 radical (unpaired) electrons. The second-order valence-electron chi connectivity index (χ2n) is 5.99. The molecule has 0 saturated heterocycles. The minimum absolute atomic E-state index is 0.248. The van der Waals surface area contributed by atoms with E-state index in [9.17, 15) is 14.4 Å². The molecule has 7 nitrogen and oxygen atoms in total. The summed E-state index contributed by atoms with van der Waals surface area (Å²) in [6, 6.07) is 11.4. The van der Waals surface area contributed by atoms with E-state index in [0.29, 0.717) is 17.1 Å². The summed E-state index contributed by atoms with van der Waals surface area (Å²) >= 11 is 0. The van der Waals surface area contributed by atoms with Crippen LogP contribution in [0.5, 0.6) is 5.75 Å². The van der Waals surface area contributed by atoms with Gasteiger partial charge in [-0.25, -0.2) is 0 Å². The Bertz CT molecular complexity index is 894. The highest BCUT2D eigenvalue weighted by Crippen LogP contribution is 2.34. The SMILES string of the molecule is Cc1ccc2c(c1)NC(=O)[C@@](C)(C(=O)Nc1cccc(C(N)=O)c1)O2. The number of fused-ring (bicyclic) bond motifs is 1. The number of benzene rings is 2. The van der Waals surface area contributed by atoms with Gasteiger partial charge in [0.15, 0.2) is 0 Å². The lowest BCUT2D eigenvalue weighted by atomic mass is 10.0. The zero-order valence-corrected chi connectivity index (χ0v) is 13.8. The first kappa shape index (κ1) is 16.5. The molecule has 0 spiro atoms. The van der Waals surface area contributed by atoms with Crippen LogP contribution >= 0.6 is 0 Å². The zero-order valence-electron chi connectivity index (χ0n) is 13.8. The first-order chi connectivity index (χ1) is 11.8. The van der Waals surface area contributed by atoms with Crippen molar-refractivity contribution in [3.05, 3.63) is 53.6 Å². The summed E-state index contributed by atoms with van der Waals surface area (Å²) in [5, 5.41) is 5.28. The first-order valence-electron chi connectivity index (χ1n) is 7.62. The van der Waals surface area contributed by atoms with Crippen LogP contribution in [0.1, 0.15) is 22.8 Å². The van der Waals surface area contributed by atoms with Crippen LogP contribution in [-0.4, -0.2) is 23.3 Å². The largest absolute Gasteiger partial charge is 0.466 e. The summed E-state index contributed by atoms with van der Waals surface area (Å²) in [6.45, 7) is 3.27. The van der Waals surface area contributed by atoms with E-state index in [4.69, 9.17) is 10.5 Å². The molecule has 0 fully saturated rings. The van der Waals surface area contributed by atoms with Crippen LogP contribution < -0.4 is 21.1 Å². The fourth-order valence-corrected chi connectivity index (χ4v) is 2.49. The Balaban J connectivity index is 1.86. The van der Waals surface area contributed by atoms with Crippen molar-refractivity contribution in [2.24, 2.45) is 5.73 Å². The molecule has 25 heavy (non-hydrogen) atoms. The van der Waals surface area contributed by atoms with Crippen molar-refractivity contribution < 1.29 is 19.1 Å². The Morgan fingerprint density at radius 1 is 1.20 bits per heavy atom. The van der Waals surface area contributed by atoms with Crippen LogP contribution in [0, 0.1) is 6.92 Å². The number of aryl methyl sites for hydroxylation is 1. The fraction of sp³-hybridized carbons (Fsp3) is 0.167. The third-order valence-electron chi connectivity index (χ3n) is 3.97. The smallest absolute Gasteiger partial charge is 0.278 e. The van der Waals surface area contributed by atoms with Crippen molar-refractivity contribution in [2.75, 3.05) is 10.6 Å². The normalized spacial score (nSPS) is 18.6. The van der Waals surface area contributed by atoms with Crippen molar-refractivity contribution in [3.63, 3.8) is 0 Å². The predicted octanol–water partition coefficient (Wildman–Crippen LogP) is 1.82. The topological polar surface area (TPSA) is 111 Å². The van der Waals surface area contributed by atoms with Crippen molar-refractivity contribution in [2.45, 2.75) is 19.4 Å². The van der Waals surface area contributed by atoms with E-state index in [0.717, 1.165) is 5.56 Å². The number of carbonyl (C=O) groups is 3. The molecule has 7 heteroatoms. The quantitative estimate of drug-likeness (QED) is 0.741. The highest BCUT2D eigenvalue weighted by atomic mass is 16.5. The molecule has 3 amide bonds. The fourth-order valence-electron chi connectivity index (χ4n) is 2.49. The number of nitrogens with one attached hydrogen (secondary N) is 2. The van der Waals surface area contributed by atoms with Crippen molar-refractivity contribution in [1.82, 2.24) is 0 Å². The molecule has 1 heterocycles. The van der Waals surface area contributed by atoms with E-state index >= 15 is 0 Å². The summed E-state index contributed by atoms with van der Waals surface area (Å²) in [6.07, 6.45) is 0. The number of carbonyl (C=O) groups excluding carboxylic acids is 3. The van der Waals surface area contributed by atoms with E-state index in [1.165, 1.54) is 19.1 Å². The third-order valence-corrected chi connectivity index (χ3v) is 3.97. The van der Waals surface area contributed by atoms with Crippen LogP contribution in [-0.2, 0) is 9.59 Å². The molecule has 0 bridgehead atoms. The van der Waals surface area contributed by atoms with E-state index in [1.54, 1.807) is 24.3 Å². The Morgan fingerprint density at radius 3 is 2.68 bits per heavy atom. The van der Waals surface area contributed by atoms with Gasteiger partial charge in [-0.3, -0.25) is 14.4 Å². The highest BCUT2D eigenvalue weighted by Gasteiger charge is 2.47. The van der Waals surface area contributed by atoms with E-state index < -0.39 is 23.3 Å². The van der Waals surface area contributed by atoms with Crippen molar-refractivity contribution in [1.29, 1.82) is 0 Å². The van der Waals surface area contributed by atoms with Gasteiger partial charge in [-0.1, -0.05) is 12.1 Å². The molecular formula is C18H17N3O4. The Morgan fingerprint density at radius 2 is 1.96 bits per heavy atom. The van der Waals surface area contributed by atoms with Gasteiger partial charge >= 0.3 is 0 Å². The lowest BCUT2D eigenvalue weighted by Gasteiger charge is -2.33. The zero-order chi connectivity index (χ0) is 18.2. The minimum Gasteiger partial charge on any atom is -0.466 e. The average Bonchev–Trinajstić information content (AvgIpc) is 2.56. The van der Waals surface area contributed by atoms with Gasteiger partial charge in [-0.05, 0) is 49.7 Å². The average molecular weight is 339 g/mol. The summed E-state index contributed by atoms with van der Waals surface area (Å²) in [4.78, 5) is 36.3. The maximum Gasteiger partial charge on any atom is 0.278 e. The second-order valence-corrected chi connectivity index (χ2v) is 5.99. The molecule has 2 aromatic rings. The molecular weight excluding hydrogens is 322 g/mol. The van der Waals surface area contributed by atoms with E-state index in [2.05, 4.69) is 10.6 Å². The number of ether oxygens (including phenoxy) is 1. The first-order valence-corrected chi connectivity index (χ1v) is 7.62. The number of nitrogens with two attached hydrogens (primary N) is 1. The molecule has 1 aliphatic rings. The lowest BCUT2D eigenvalue weighted by Crippen LogP contribution is -2.56. The Labute approximate surface area is 144 Å². The van der Waals surface area contributed by atoms with Crippen LogP contribution in [0.4, 0.5) is 11.4 Å². The summed E-state index contributed by atoms with van der Waals surface area (Å²) in [5.41, 5.74) is 5.55. The molecule has 0 saturated carbocycles. The second kappa shape index (κ2) is 5.94. The molecule has 4 N–H and O–H groups in total. The van der Waals surface area contributed by atoms with Crippen molar-refractivity contribution >= 4 is 29.1 Å². The lowest BCUT2D eigenvalue weighted by molar-refractivity contribution is -0.143. The number of anilines is 2. The predicted molar refractivity (Wildman–Crippen MR) is 92.4 cm³/mol. The number of hydrogen-bond donors (Lipinski definition) is 3. The summed E-state index contributed by atoms with van der Waals surface area (Å²) in [5.74, 6) is -1.43. The van der Waals surface area contributed by atoms with Gasteiger partial charge in [-0.2, -0.15) is 0 Å². The third kappa shape index (κ3) is 3.03. The standard InChI is InChI=1S/C18H17N3O4/c1-10-6-7-14-13(8-10)21-17(24)18(2,25-14)16(23)20-12-5-3-4-11(9-12)15(19)22/h3-9H,1-2H3,(H2,19,22)(H,20,23)(H,21,24)/t18-/m1/s1.